The predicted molar refractivity (Wildman–Crippen MR) is 73.7 cm³/mol. The van der Waals surface area contributed by atoms with E-state index < -0.39 is 0 Å². The Morgan fingerprint density at radius 2 is 2.22 bits per heavy atom. The molecule has 4 nitrogen and oxygen atoms in total. The number of anilines is 1. The van der Waals surface area contributed by atoms with Crippen molar-refractivity contribution in [3.63, 3.8) is 0 Å². The van der Waals surface area contributed by atoms with E-state index in [-0.39, 0.29) is 0 Å². The Balaban J connectivity index is 1.78. The molecule has 1 aromatic carbocycles. The summed E-state index contributed by atoms with van der Waals surface area (Å²) in [7, 11) is 0. The Morgan fingerprint density at radius 3 is 3.06 bits per heavy atom. The molecule has 0 atom stereocenters. The molecule has 2 aromatic heterocycles. The smallest absolute Gasteiger partial charge is 0.0907 e. The van der Waals surface area contributed by atoms with Gasteiger partial charge in [0, 0.05) is 18.1 Å². The van der Waals surface area contributed by atoms with Gasteiger partial charge in [-0.25, -0.2) is 4.98 Å². The van der Waals surface area contributed by atoms with Crippen molar-refractivity contribution in [2.75, 3.05) is 5.32 Å². The molecule has 0 radical (unpaired) electrons. The first-order valence-corrected chi connectivity index (χ1v) is 6.49. The van der Waals surface area contributed by atoms with Crippen molar-refractivity contribution in [3.05, 3.63) is 47.5 Å². The standard InChI is InChI=1S/C13H12N4S/c1-9-17-12-3-2-10(6-13(12)18-9)16-8-11-7-14-4-5-15-11/h2-7,16H,8H2,1H3. The fraction of sp³-hybridized carbons (Fsp3) is 0.154. The molecule has 0 amide bonds. The first-order chi connectivity index (χ1) is 8.81. The van der Waals surface area contributed by atoms with E-state index in [9.17, 15) is 0 Å². The van der Waals surface area contributed by atoms with E-state index in [0.29, 0.717) is 6.54 Å². The van der Waals surface area contributed by atoms with Crippen LogP contribution in [-0.4, -0.2) is 15.0 Å². The van der Waals surface area contributed by atoms with Gasteiger partial charge in [-0.1, -0.05) is 0 Å². The number of hydrogen-bond acceptors (Lipinski definition) is 5. The van der Waals surface area contributed by atoms with Gasteiger partial charge in [0.25, 0.3) is 0 Å². The van der Waals surface area contributed by atoms with Crippen LogP contribution in [0, 0.1) is 6.92 Å². The second-order valence-electron chi connectivity index (χ2n) is 3.97. The molecule has 5 heteroatoms. The van der Waals surface area contributed by atoms with Gasteiger partial charge in [-0.05, 0) is 25.1 Å². The van der Waals surface area contributed by atoms with E-state index in [1.165, 1.54) is 4.70 Å². The summed E-state index contributed by atoms with van der Waals surface area (Å²) in [6, 6.07) is 6.20. The molecule has 0 spiro atoms. The largest absolute Gasteiger partial charge is 0.379 e. The zero-order valence-electron chi connectivity index (χ0n) is 9.92. The summed E-state index contributed by atoms with van der Waals surface area (Å²) in [5.74, 6) is 0. The SMILES string of the molecule is Cc1nc2ccc(NCc3cnccn3)cc2s1. The minimum absolute atomic E-state index is 0.678. The number of aryl methyl sites for hydroxylation is 1. The third kappa shape index (κ3) is 2.31. The number of benzene rings is 1. The Bertz CT molecular complexity index is 663. The van der Waals surface area contributed by atoms with E-state index in [1.54, 1.807) is 29.9 Å². The predicted octanol–water partition coefficient (Wildman–Crippen LogP) is 3.01. The lowest BCUT2D eigenvalue weighted by atomic mass is 10.3. The Morgan fingerprint density at radius 1 is 1.28 bits per heavy atom. The van der Waals surface area contributed by atoms with E-state index in [1.807, 2.05) is 19.1 Å². The number of nitrogens with zero attached hydrogens (tertiary/aromatic N) is 3. The van der Waals surface area contributed by atoms with Crippen LogP contribution in [0.25, 0.3) is 10.2 Å². The zero-order chi connectivity index (χ0) is 12.4. The van der Waals surface area contributed by atoms with E-state index in [0.717, 1.165) is 21.9 Å². The number of thiazole rings is 1. The summed E-state index contributed by atoms with van der Waals surface area (Å²) < 4.78 is 1.21. The quantitative estimate of drug-likeness (QED) is 0.782. The fourth-order valence-electron chi connectivity index (χ4n) is 1.76. The van der Waals surface area contributed by atoms with E-state index >= 15 is 0 Å². The molecule has 3 aromatic rings. The van der Waals surface area contributed by atoms with Gasteiger partial charge in [-0.2, -0.15) is 0 Å². The topological polar surface area (TPSA) is 50.7 Å². The molecule has 1 N–H and O–H groups in total. The van der Waals surface area contributed by atoms with E-state index in [4.69, 9.17) is 0 Å². The molecule has 0 aliphatic rings. The van der Waals surface area contributed by atoms with Crippen LogP contribution in [0.2, 0.25) is 0 Å². The maximum Gasteiger partial charge on any atom is 0.0907 e. The second kappa shape index (κ2) is 4.70. The molecule has 0 aliphatic heterocycles. The lowest BCUT2D eigenvalue weighted by Crippen LogP contribution is -2.01. The minimum atomic E-state index is 0.678. The monoisotopic (exact) mass is 256 g/mol. The van der Waals surface area contributed by atoms with Crippen LogP contribution in [0.3, 0.4) is 0 Å². The number of rotatable bonds is 3. The van der Waals surface area contributed by atoms with Gasteiger partial charge in [-0.15, -0.1) is 11.3 Å². The normalized spacial score (nSPS) is 10.7. The molecular formula is C13H12N4S. The van der Waals surface area contributed by atoms with Gasteiger partial charge in [0.1, 0.15) is 0 Å². The lowest BCUT2D eigenvalue weighted by Gasteiger charge is -2.05. The number of nitrogens with one attached hydrogen (secondary N) is 1. The van der Waals surface area contributed by atoms with Gasteiger partial charge in [-0.3, -0.25) is 9.97 Å². The van der Waals surface area contributed by atoms with Gasteiger partial charge in [0.2, 0.25) is 0 Å². The second-order valence-corrected chi connectivity index (χ2v) is 5.20. The highest BCUT2D eigenvalue weighted by molar-refractivity contribution is 7.18. The highest BCUT2D eigenvalue weighted by Crippen LogP contribution is 2.24. The lowest BCUT2D eigenvalue weighted by molar-refractivity contribution is 1.01. The highest BCUT2D eigenvalue weighted by atomic mass is 32.1. The molecule has 0 aliphatic carbocycles. The molecular weight excluding hydrogens is 244 g/mol. The molecule has 2 heterocycles. The average molecular weight is 256 g/mol. The summed E-state index contributed by atoms with van der Waals surface area (Å²) in [4.78, 5) is 12.7. The molecule has 0 saturated heterocycles. The molecule has 0 saturated carbocycles. The van der Waals surface area contributed by atoms with Crippen molar-refractivity contribution in [1.29, 1.82) is 0 Å². The van der Waals surface area contributed by atoms with Crippen molar-refractivity contribution >= 4 is 27.2 Å². The summed E-state index contributed by atoms with van der Waals surface area (Å²) in [5.41, 5.74) is 3.07. The van der Waals surface area contributed by atoms with Crippen LogP contribution in [0.1, 0.15) is 10.7 Å². The number of aromatic nitrogens is 3. The van der Waals surface area contributed by atoms with Gasteiger partial charge >= 0.3 is 0 Å². The van der Waals surface area contributed by atoms with E-state index in [2.05, 4.69) is 26.3 Å². The summed E-state index contributed by atoms with van der Waals surface area (Å²) in [5, 5.41) is 4.43. The van der Waals surface area contributed by atoms with Crippen LogP contribution >= 0.6 is 11.3 Å². The van der Waals surface area contributed by atoms with Gasteiger partial charge in [0.05, 0.1) is 33.7 Å². The van der Waals surface area contributed by atoms with Gasteiger partial charge < -0.3 is 5.32 Å². The Hall–Kier alpha value is -2.01. The molecule has 0 fully saturated rings. The maximum absolute atomic E-state index is 4.44. The molecule has 90 valence electrons. The van der Waals surface area contributed by atoms with Gasteiger partial charge in [0.15, 0.2) is 0 Å². The maximum atomic E-state index is 4.44. The van der Waals surface area contributed by atoms with Crippen molar-refractivity contribution in [3.8, 4) is 0 Å². The number of hydrogen-bond donors (Lipinski definition) is 1. The van der Waals surface area contributed by atoms with Crippen molar-refractivity contribution in [2.45, 2.75) is 13.5 Å². The highest BCUT2D eigenvalue weighted by Gasteiger charge is 2.01. The summed E-state index contributed by atoms with van der Waals surface area (Å²) in [6.45, 7) is 2.70. The van der Waals surface area contributed by atoms with Crippen LogP contribution in [-0.2, 0) is 6.54 Å². The zero-order valence-corrected chi connectivity index (χ0v) is 10.7. The van der Waals surface area contributed by atoms with Crippen LogP contribution in [0.15, 0.2) is 36.8 Å². The summed E-state index contributed by atoms with van der Waals surface area (Å²) in [6.07, 6.45) is 5.14. The van der Waals surface area contributed by atoms with Crippen LogP contribution in [0.5, 0.6) is 0 Å². The molecule has 0 bridgehead atoms. The summed E-state index contributed by atoms with van der Waals surface area (Å²) >= 11 is 1.71. The Labute approximate surface area is 109 Å². The number of fused-ring (bicyclic) bond motifs is 1. The van der Waals surface area contributed by atoms with Crippen LogP contribution < -0.4 is 5.32 Å². The first kappa shape index (κ1) is 11.1. The molecule has 18 heavy (non-hydrogen) atoms. The van der Waals surface area contributed by atoms with Crippen LogP contribution in [0.4, 0.5) is 5.69 Å². The van der Waals surface area contributed by atoms with Crippen molar-refractivity contribution in [2.24, 2.45) is 0 Å². The fourth-order valence-corrected chi connectivity index (χ4v) is 2.63. The minimum Gasteiger partial charge on any atom is -0.379 e. The average Bonchev–Trinajstić information content (AvgIpc) is 2.77. The molecule has 3 rings (SSSR count). The van der Waals surface area contributed by atoms with Crippen molar-refractivity contribution < 1.29 is 0 Å². The third-order valence-corrected chi connectivity index (χ3v) is 3.52. The van der Waals surface area contributed by atoms with Crippen molar-refractivity contribution in [1.82, 2.24) is 15.0 Å². The molecule has 0 unspecified atom stereocenters. The first-order valence-electron chi connectivity index (χ1n) is 5.67. The Kier molecular flexibility index (Phi) is 2.90. The third-order valence-electron chi connectivity index (χ3n) is 2.59.